The van der Waals surface area contributed by atoms with Crippen LogP contribution >= 0.6 is 0 Å². The molecule has 3 atom stereocenters. The number of hydrogen-bond donors (Lipinski definition) is 1. The number of ketones is 1. The van der Waals surface area contributed by atoms with Crippen LogP contribution in [0.4, 0.5) is 0 Å². The summed E-state index contributed by atoms with van der Waals surface area (Å²) in [5.41, 5.74) is 2.12. The fourth-order valence-electron chi connectivity index (χ4n) is 4.04. The highest BCUT2D eigenvalue weighted by Gasteiger charge is 2.36. The van der Waals surface area contributed by atoms with Gasteiger partial charge in [-0.3, -0.25) is 4.79 Å². The molecule has 1 heterocycles. The Hall–Kier alpha value is -1.16. The average Bonchev–Trinajstić information content (AvgIpc) is 3.15. The fourth-order valence-corrected chi connectivity index (χ4v) is 4.04. The minimum atomic E-state index is 0.140. The second kappa shape index (κ2) is 10.7. The maximum absolute atomic E-state index is 12.5. The highest BCUT2D eigenvalue weighted by Crippen LogP contribution is 2.36. The highest BCUT2D eigenvalue weighted by molar-refractivity contribution is 5.99. The number of carbonyl (C=O) groups excluding carboxylic acids is 1. The summed E-state index contributed by atoms with van der Waals surface area (Å²) in [5, 5.41) is 13.1. The smallest absolute Gasteiger partial charge is 0.161 e. The van der Waals surface area contributed by atoms with Crippen molar-refractivity contribution in [3.8, 4) is 0 Å². The maximum Gasteiger partial charge on any atom is 0.161 e. The number of carbonyl (C=O) groups is 1. The maximum atomic E-state index is 12.5. The lowest BCUT2D eigenvalue weighted by Gasteiger charge is -2.20. The van der Waals surface area contributed by atoms with Crippen LogP contribution in [0.2, 0.25) is 0 Å². The molecule has 0 aromatic heterocycles. The molecule has 0 aromatic rings. The number of allylic oxidation sites excluding steroid dienone is 2. The summed E-state index contributed by atoms with van der Waals surface area (Å²) in [6, 6.07) is 0. The summed E-state index contributed by atoms with van der Waals surface area (Å²) < 4.78 is 0. The van der Waals surface area contributed by atoms with Crippen molar-refractivity contribution in [1.29, 1.82) is 0 Å². The van der Waals surface area contributed by atoms with Crippen molar-refractivity contribution in [3.05, 3.63) is 11.6 Å². The van der Waals surface area contributed by atoms with Crippen molar-refractivity contribution in [2.24, 2.45) is 17.0 Å². The monoisotopic (exact) mass is 349 g/mol. The number of nitrogens with zero attached hydrogens (tertiary/aromatic N) is 1. The van der Waals surface area contributed by atoms with Crippen molar-refractivity contribution in [1.82, 2.24) is 0 Å². The van der Waals surface area contributed by atoms with Crippen LogP contribution in [0.3, 0.4) is 0 Å². The van der Waals surface area contributed by atoms with Gasteiger partial charge in [0.1, 0.15) is 6.10 Å². The molecule has 3 unspecified atom stereocenters. The molecule has 0 bridgehead atoms. The molecule has 2 rings (SSSR count). The van der Waals surface area contributed by atoms with E-state index in [-0.39, 0.29) is 18.6 Å². The lowest BCUT2D eigenvalue weighted by Crippen LogP contribution is -2.22. The number of hydrogen-bond acceptors (Lipinski definition) is 4. The molecule has 0 spiro atoms. The first-order chi connectivity index (χ1) is 12.2. The standard InChI is InChI=1S/C21H35NO3/c1-3-4-10-18-15-19(25-22-18)14-17-13-16(2)21(24)20(17)11-8-6-5-7-9-12-23/h13,17,19-20,23H,3-12,14-15H2,1-2H3. The van der Waals surface area contributed by atoms with Crippen LogP contribution in [0.1, 0.15) is 84.5 Å². The number of oxime groups is 1. The Balaban J connectivity index is 1.75. The zero-order chi connectivity index (χ0) is 18.1. The van der Waals surface area contributed by atoms with Gasteiger partial charge in [0.15, 0.2) is 5.78 Å². The molecule has 0 fully saturated rings. The second-order valence-electron chi connectivity index (χ2n) is 7.69. The van der Waals surface area contributed by atoms with Gasteiger partial charge in [-0.2, -0.15) is 0 Å². The van der Waals surface area contributed by atoms with E-state index in [9.17, 15) is 4.79 Å². The molecule has 0 saturated carbocycles. The summed E-state index contributed by atoms with van der Waals surface area (Å²) in [7, 11) is 0. The summed E-state index contributed by atoms with van der Waals surface area (Å²) in [5.74, 6) is 0.794. The average molecular weight is 350 g/mol. The van der Waals surface area contributed by atoms with Crippen molar-refractivity contribution in [2.45, 2.75) is 90.6 Å². The van der Waals surface area contributed by atoms with Crippen molar-refractivity contribution < 1.29 is 14.7 Å². The Kier molecular flexibility index (Phi) is 8.66. The Morgan fingerprint density at radius 3 is 2.72 bits per heavy atom. The van der Waals surface area contributed by atoms with E-state index in [0.717, 1.165) is 63.4 Å². The summed E-state index contributed by atoms with van der Waals surface area (Å²) in [6.45, 7) is 4.44. The zero-order valence-electron chi connectivity index (χ0n) is 16.0. The highest BCUT2D eigenvalue weighted by atomic mass is 16.6. The van der Waals surface area contributed by atoms with E-state index in [0.29, 0.717) is 11.7 Å². The van der Waals surface area contributed by atoms with Crippen molar-refractivity contribution >= 4 is 11.5 Å². The van der Waals surface area contributed by atoms with Gasteiger partial charge in [-0.1, -0.05) is 50.3 Å². The number of Topliss-reactive ketones (excluding diaryl/α,β-unsaturated/α-hetero) is 1. The summed E-state index contributed by atoms with van der Waals surface area (Å²) in [4.78, 5) is 18.1. The molecule has 4 nitrogen and oxygen atoms in total. The third-order valence-corrected chi connectivity index (χ3v) is 5.53. The van der Waals surface area contributed by atoms with Crippen LogP contribution in [0.25, 0.3) is 0 Å². The lowest BCUT2D eigenvalue weighted by molar-refractivity contribution is -0.119. The van der Waals surface area contributed by atoms with Gasteiger partial charge in [-0.25, -0.2) is 0 Å². The predicted octanol–water partition coefficient (Wildman–Crippen LogP) is 4.81. The van der Waals surface area contributed by atoms with Gasteiger partial charge in [-0.05, 0) is 50.5 Å². The van der Waals surface area contributed by atoms with E-state index >= 15 is 0 Å². The zero-order valence-corrected chi connectivity index (χ0v) is 16.0. The van der Waals surface area contributed by atoms with Gasteiger partial charge in [-0.15, -0.1) is 0 Å². The molecule has 142 valence electrons. The molecule has 4 heteroatoms. The van der Waals surface area contributed by atoms with Gasteiger partial charge in [0, 0.05) is 18.9 Å². The number of aliphatic hydroxyl groups excluding tert-OH is 1. The molecule has 0 radical (unpaired) electrons. The third-order valence-electron chi connectivity index (χ3n) is 5.53. The van der Waals surface area contributed by atoms with E-state index in [1.807, 2.05) is 6.92 Å². The van der Waals surface area contributed by atoms with E-state index in [1.54, 1.807) is 0 Å². The number of aliphatic hydroxyl groups is 1. The quantitative estimate of drug-likeness (QED) is 0.515. The predicted molar refractivity (Wildman–Crippen MR) is 102 cm³/mol. The molecule has 1 aliphatic heterocycles. The minimum Gasteiger partial charge on any atom is -0.396 e. The Morgan fingerprint density at radius 2 is 1.96 bits per heavy atom. The minimum absolute atomic E-state index is 0.140. The SMILES string of the molecule is CCCCC1=NOC(CC2C=C(C)C(=O)C2CCCCCCCO)C1. The van der Waals surface area contributed by atoms with Crippen LogP contribution in [0.5, 0.6) is 0 Å². The topological polar surface area (TPSA) is 58.9 Å². The first-order valence-electron chi connectivity index (χ1n) is 10.2. The number of unbranched alkanes of at least 4 members (excludes halogenated alkanes) is 5. The van der Waals surface area contributed by atoms with Gasteiger partial charge >= 0.3 is 0 Å². The van der Waals surface area contributed by atoms with E-state index < -0.39 is 0 Å². The molecule has 0 saturated heterocycles. The van der Waals surface area contributed by atoms with Gasteiger partial charge in [0.2, 0.25) is 0 Å². The molecule has 1 aliphatic carbocycles. The largest absolute Gasteiger partial charge is 0.396 e. The van der Waals surface area contributed by atoms with Crippen molar-refractivity contribution in [3.63, 3.8) is 0 Å². The molecular formula is C21H35NO3. The first kappa shape index (κ1) is 20.2. The Morgan fingerprint density at radius 1 is 1.20 bits per heavy atom. The molecule has 0 amide bonds. The van der Waals surface area contributed by atoms with E-state index in [4.69, 9.17) is 9.94 Å². The van der Waals surface area contributed by atoms with Gasteiger partial charge < -0.3 is 9.94 Å². The molecule has 25 heavy (non-hydrogen) atoms. The second-order valence-corrected chi connectivity index (χ2v) is 7.69. The van der Waals surface area contributed by atoms with Gasteiger partial charge in [0.05, 0.1) is 5.71 Å². The van der Waals surface area contributed by atoms with Crippen LogP contribution in [0, 0.1) is 11.8 Å². The molecule has 2 aliphatic rings. The van der Waals surface area contributed by atoms with E-state index in [2.05, 4.69) is 18.2 Å². The number of rotatable bonds is 12. The molecular weight excluding hydrogens is 314 g/mol. The van der Waals surface area contributed by atoms with Gasteiger partial charge in [0.25, 0.3) is 0 Å². The summed E-state index contributed by atoms with van der Waals surface area (Å²) >= 11 is 0. The van der Waals surface area contributed by atoms with Crippen LogP contribution in [-0.2, 0) is 9.63 Å². The summed E-state index contributed by atoms with van der Waals surface area (Å²) in [6.07, 6.45) is 13.9. The first-order valence-corrected chi connectivity index (χ1v) is 10.2. The van der Waals surface area contributed by atoms with Crippen LogP contribution in [0.15, 0.2) is 16.8 Å². The Labute approximate surface area is 152 Å². The Bertz CT molecular complexity index is 484. The van der Waals surface area contributed by atoms with Crippen molar-refractivity contribution in [2.75, 3.05) is 6.61 Å². The fraction of sp³-hybridized carbons (Fsp3) is 0.810. The van der Waals surface area contributed by atoms with E-state index in [1.165, 1.54) is 18.6 Å². The lowest BCUT2D eigenvalue weighted by atomic mass is 9.84. The van der Waals surface area contributed by atoms with Crippen LogP contribution in [-0.4, -0.2) is 29.3 Å². The normalized spacial score (nSPS) is 25.9. The molecule has 0 aromatic carbocycles. The van der Waals surface area contributed by atoms with Crippen LogP contribution < -0.4 is 0 Å². The third kappa shape index (κ3) is 6.25. The molecule has 1 N–H and O–H groups in total.